The first-order chi connectivity index (χ1) is 9.10. The minimum Gasteiger partial charge on any atom is -0.360 e. The summed E-state index contributed by atoms with van der Waals surface area (Å²) in [4.78, 5) is 11.8. The molecule has 0 saturated heterocycles. The molecular weight excluding hydrogens is 274 g/mol. The van der Waals surface area contributed by atoms with Crippen molar-refractivity contribution in [3.63, 3.8) is 0 Å². The molecule has 0 aliphatic heterocycles. The second kappa shape index (κ2) is 5.70. The molecule has 0 fully saturated rings. The third-order valence-electron chi connectivity index (χ3n) is 2.12. The number of hydrogen-bond acceptors (Lipinski definition) is 5. The van der Waals surface area contributed by atoms with Gasteiger partial charge < -0.3 is 10.6 Å². The molecule has 0 aliphatic rings. The normalized spacial score (nSPS) is 10.3. The van der Waals surface area contributed by atoms with Crippen LogP contribution < -0.4 is 10.6 Å². The molecule has 8 heteroatoms. The fourth-order valence-corrected chi connectivity index (χ4v) is 2.00. The monoisotopic (exact) mass is 284 g/mol. The largest absolute Gasteiger partial charge is 0.360 e. The lowest BCUT2D eigenvalue weighted by atomic mass is 10.3. The van der Waals surface area contributed by atoms with Gasteiger partial charge in [0.2, 0.25) is 10.1 Å². The van der Waals surface area contributed by atoms with Crippen LogP contribution in [0.3, 0.4) is 0 Å². The van der Waals surface area contributed by atoms with Gasteiger partial charge in [-0.25, -0.2) is 8.78 Å². The number of amides is 1. The Labute approximate surface area is 111 Å². The zero-order valence-electron chi connectivity index (χ0n) is 9.91. The number of rotatable bonds is 4. The van der Waals surface area contributed by atoms with Gasteiger partial charge in [0.25, 0.3) is 5.91 Å². The van der Waals surface area contributed by atoms with Gasteiger partial charge in [-0.15, -0.1) is 10.2 Å². The van der Waals surface area contributed by atoms with Crippen molar-refractivity contribution in [3.8, 4) is 0 Å². The molecule has 1 aromatic carbocycles. The number of carbonyl (C=O) groups excluding carboxylic acids is 1. The molecule has 0 bridgehead atoms. The Kier molecular flexibility index (Phi) is 4.00. The Morgan fingerprint density at radius 3 is 2.79 bits per heavy atom. The smallest absolute Gasteiger partial charge is 0.286 e. The van der Waals surface area contributed by atoms with E-state index in [0.29, 0.717) is 11.7 Å². The van der Waals surface area contributed by atoms with Crippen molar-refractivity contribution in [1.82, 2.24) is 10.2 Å². The van der Waals surface area contributed by atoms with E-state index in [0.717, 1.165) is 23.5 Å². The lowest BCUT2D eigenvalue weighted by molar-refractivity contribution is 0.102. The van der Waals surface area contributed by atoms with E-state index in [-0.39, 0.29) is 10.7 Å². The standard InChI is InChI=1S/C11H10F2N4OS/c1-2-14-11-17-16-10(19-11)9(18)15-6-3-4-7(12)8(13)5-6/h3-5H,2H2,1H3,(H,14,17)(H,15,18). The van der Waals surface area contributed by atoms with Gasteiger partial charge in [-0.1, -0.05) is 11.3 Å². The summed E-state index contributed by atoms with van der Waals surface area (Å²) >= 11 is 1.08. The molecule has 0 unspecified atom stereocenters. The second-order valence-corrected chi connectivity index (χ2v) is 4.50. The SMILES string of the molecule is CCNc1nnc(C(=O)Nc2ccc(F)c(F)c2)s1. The molecule has 5 nitrogen and oxygen atoms in total. The average Bonchev–Trinajstić information content (AvgIpc) is 2.83. The highest BCUT2D eigenvalue weighted by Gasteiger charge is 2.13. The van der Waals surface area contributed by atoms with E-state index >= 15 is 0 Å². The van der Waals surface area contributed by atoms with Crippen LogP contribution in [0, 0.1) is 11.6 Å². The van der Waals surface area contributed by atoms with Crippen molar-refractivity contribution in [2.75, 3.05) is 17.2 Å². The van der Waals surface area contributed by atoms with Crippen LogP contribution in [0.4, 0.5) is 19.6 Å². The first-order valence-corrected chi connectivity index (χ1v) is 6.25. The fourth-order valence-electron chi connectivity index (χ4n) is 1.30. The lowest BCUT2D eigenvalue weighted by Gasteiger charge is -2.02. The molecule has 2 aromatic rings. The Morgan fingerprint density at radius 1 is 1.32 bits per heavy atom. The maximum Gasteiger partial charge on any atom is 0.286 e. The molecule has 1 aromatic heterocycles. The summed E-state index contributed by atoms with van der Waals surface area (Å²) in [6, 6.07) is 3.11. The number of nitrogens with zero attached hydrogens (tertiary/aromatic N) is 2. The van der Waals surface area contributed by atoms with Gasteiger partial charge >= 0.3 is 0 Å². The Balaban J connectivity index is 2.09. The summed E-state index contributed by atoms with van der Waals surface area (Å²) in [5.41, 5.74) is 0.157. The first-order valence-electron chi connectivity index (χ1n) is 5.44. The number of carbonyl (C=O) groups is 1. The zero-order chi connectivity index (χ0) is 13.8. The molecule has 2 N–H and O–H groups in total. The van der Waals surface area contributed by atoms with E-state index in [1.807, 2.05) is 6.92 Å². The van der Waals surface area contributed by atoms with Gasteiger partial charge in [0.05, 0.1) is 0 Å². The molecule has 0 radical (unpaired) electrons. The van der Waals surface area contributed by atoms with Gasteiger partial charge in [0.15, 0.2) is 11.6 Å². The maximum absolute atomic E-state index is 13.0. The van der Waals surface area contributed by atoms with Crippen LogP contribution in [0.2, 0.25) is 0 Å². The second-order valence-electron chi connectivity index (χ2n) is 3.53. The van der Waals surface area contributed by atoms with Gasteiger partial charge in [-0.3, -0.25) is 4.79 Å². The number of benzene rings is 1. The summed E-state index contributed by atoms with van der Waals surface area (Å²) in [5, 5.41) is 13.5. The molecule has 0 atom stereocenters. The summed E-state index contributed by atoms with van der Waals surface area (Å²) in [6.07, 6.45) is 0. The fraction of sp³-hybridized carbons (Fsp3) is 0.182. The van der Waals surface area contributed by atoms with Crippen molar-refractivity contribution in [2.24, 2.45) is 0 Å². The quantitative estimate of drug-likeness (QED) is 0.905. The van der Waals surface area contributed by atoms with Crippen LogP contribution in [-0.4, -0.2) is 22.6 Å². The van der Waals surface area contributed by atoms with Crippen molar-refractivity contribution < 1.29 is 13.6 Å². The summed E-state index contributed by atoms with van der Waals surface area (Å²) < 4.78 is 25.7. The van der Waals surface area contributed by atoms with Crippen molar-refractivity contribution in [3.05, 3.63) is 34.8 Å². The van der Waals surface area contributed by atoms with E-state index < -0.39 is 17.5 Å². The Morgan fingerprint density at radius 2 is 2.11 bits per heavy atom. The lowest BCUT2D eigenvalue weighted by Crippen LogP contribution is -2.11. The summed E-state index contributed by atoms with van der Waals surface area (Å²) in [6.45, 7) is 2.56. The van der Waals surface area contributed by atoms with Gasteiger partial charge in [-0.05, 0) is 19.1 Å². The predicted molar refractivity (Wildman–Crippen MR) is 68.4 cm³/mol. The number of anilines is 2. The highest BCUT2D eigenvalue weighted by Crippen LogP contribution is 2.18. The van der Waals surface area contributed by atoms with E-state index in [1.54, 1.807) is 0 Å². The number of aromatic nitrogens is 2. The topological polar surface area (TPSA) is 66.9 Å². The summed E-state index contributed by atoms with van der Waals surface area (Å²) in [5.74, 6) is -2.51. The molecule has 0 saturated carbocycles. The van der Waals surface area contributed by atoms with Crippen LogP contribution in [0.1, 0.15) is 16.7 Å². The van der Waals surface area contributed by atoms with Crippen LogP contribution in [0.15, 0.2) is 18.2 Å². The zero-order valence-corrected chi connectivity index (χ0v) is 10.7. The van der Waals surface area contributed by atoms with Gasteiger partial charge in [0, 0.05) is 18.3 Å². The highest BCUT2D eigenvalue weighted by atomic mass is 32.1. The van der Waals surface area contributed by atoms with E-state index in [4.69, 9.17) is 0 Å². The predicted octanol–water partition coefficient (Wildman–Crippen LogP) is 2.50. The first kappa shape index (κ1) is 13.3. The highest BCUT2D eigenvalue weighted by molar-refractivity contribution is 7.17. The Bertz CT molecular complexity index is 602. The van der Waals surface area contributed by atoms with Gasteiger partial charge in [0.1, 0.15) is 0 Å². The average molecular weight is 284 g/mol. The third kappa shape index (κ3) is 3.22. The molecule has 0 spiro atoms. The van der Waals surface area contributed by atoms with E-state index in [9.17, 15) is 13.6 Å². The minimum absolute atomic E-state index is 0.140. The minimum atomic E-state index is -1.02. The molecule has 1 heterocycles. The van der Waals surface area contributed by atoms with Crippen molar-refractivity contribution in [2.45, 2.75) is 6.92 Å². The molecule has 100 valence electrons. The molecule has 2 rings (SSSR count). The maximum atomic E-state index is 13.0. The van der Waals surface area contributed by atoms with Crippen LogP contribution in [0.5, 0.6) is 0 Å². The van der Waals surface area contributed by atoms with E-state index in [2.05, 4.69) is 20.8 Å². The number of nitrogens with one attached hydrogen (secondary N) is 2. The van der Waals surface area contributed by atoms with E-state index in [1.165, 1.54) is 6.07 Å². The molecular formula is C11H10F2N4OS. The van der Waals surface area contributed by atoms with Crippen molar-refractivity contribution in [1.29, 1.82) is 0 Å². The van der Waals surface area contributed by atoms with Gasteiger partial charge in [-0.2, -0.15) is 0 Å². The number of hydrogen-bond donors (Lipinski definition) is 2. The molecule has 1 amide bonds. The Hall–Kier alpha value is -2.09. The van der Waals surface area contributed by atoms with Crippen LogP contribution >= 0.6 is 11.3 Å². The summed E-state index contributed by atoms with van der Waals surface area (Å²) in [7, 11) is 0. The van der Waals surface area contributed by atoms with Crippen molar-refractivity contribution >= 4 is 28.1 Å². The van der Waals surface area contributed by atoms with Crippen LogP contribution in [0.25, 0.3) is 0 Å². The third-order valence-corrected chi connectivity index (χ3v) is 3.00. The van der Waals surface area contributed by atoms with Crippen LogP contribution in [-0.2, 0) is 0 Å². The number of halogens is 2. The molecule has 0 aliphatic carbocycles. The molecule has 19 heavy (non-hydrogen) atoms.